The number of imide groups is 1. The van der Waals surface area contributed by atoms with E-state index in [1.165, 1.54) is 12.1 Å². The first kappa shape index (κ1) is 36.1. The van der Waals surface area contributed by atoms with Gasteiger partial charge < -0.3 is 25.4 Å². The van der Waals surface area contributed by atoms with Crippen LogP contribution in [-0.2, 0) is 42.2 Å². The van der Waals surface area contributed by atoms with Gasteiger partial charge in [0.2, 0.25) is 6.54 Å². The molecule has 4 N–H and O–H groups in total. The molecule has 248 valence electrons. The summed E-state index contributed by atoms with van der Waals surface area (Å²) in [6, 6.07) is 10.2. The molecule has 2 aromatic carbocycles. The fraction of sp³-hybridized carbons (Fsp3) is 0.516. The summed E-state index contributed by atoms with van der Waals surface area (Å²) in [7, 11) is -4.30. The molecule has 0 spiro atoms. The van der Waals surface area contributed by atoms with Gasteiger partial charge >= 0.3 is 22.0 Å². The number of carbonyl (C=O) groups excluding carboxylic acids is 3. The Morgan fingerprint density at radius 2 is 1.76 bits per heavy atom. The molecule has 0 radical (unpaired) electrons. The van der Waals surface area contributed by atoms with Gasteiger partial charge in [0.1, 0.15) is 5.75 Å². The molecule has 14 heteroatoms. The van der Waals surface area contributed by atoms with Crippen molar-refractivity contribution in [3.63, 3.8) is 0 Å². The number of nitrogens with one attached hydrogen (secondary N) is 1. The second-order valence-corrected chi connectivity index (χ2v) is 13.1. The summed E-state index contributed by atoms with van der Waals surface area (Å²) in [5, 5.41) is 32.4. The van der Waals surface area contributed by atoms with Gasteiger partial charge in [0.05, 0.1) is 28.7 Å². The van der Waals surface area contributed by atoms with Crippen molar-refractivity contribution in [2.75, 3.05) is 44.0 Å². The zero-order chi connectivity index (χ0) is 33.0. The van der Waals surface area contributed by atoms with E-state index in [9.17, 15) is 38.1 Å². The number of benzene rings is 2. The molecule has 1 unspecified atom stereocenters. The molecule has 1 fully saturated rings. The highest BCUT2D eigenvalue weighted by Crippen LogP contribution is 2.31. The lowest BCUT2D eigenvalue weighted by Gasteiger charge is -2.22. The highest BCUT2D eigenvalue weighted by atomic mass is 32.2. The molecule has 0 aliphatic carbocycles. The summed E-state index contributed by atoms with van der Waals surface area (Å²) >= 11 is 0. The lowest BCUT2D eigenvalue weighted by atomic mass is 10.1. The molecule has 0 bridgehead atoms. The number of aryl methyl sites for hydroxylation is 1. The number of hydrogen-bond acceptors (Lipinski definition) is 11. The van der Waals surface area contributed by atoms with Crippen molar-refractivity contribution >= 4 is 33.6 Å². The van der Waals surface area contributed by atoms with E-state index in [0.29, 0.717) is 43.7 Å². The Bertz CT molecular complexity index is 1430. The number of aliphatic hydroxyl groups excluding tert-OH is 2. The molecule has 2 aromatic rings. The average Bonchev–Trinajstić information content (AvgIpc) is 3.24. The van der Waals surface area contributed by atoms with Gasteiger partial charge in [-0.15, -0.1) is 0 Å². The number of hydrogen-bond donors (Lipinski definition) is 4. The predicted molar refractivity (Wildman–Crippen MR) is 165 cm³/mol. The molecular weight excluding hydrogens is 606 g/mol. The minimum absolute atomic E-state index is 0.0110. The van der Waals surface area contributed by atoms with Gasteiger partial charge in [-0.25, -0.2) is 9.59 Å². The fourth-order valence-electron chi connectivity index (χ4n) is 5.05. The normalized spacial score (nSPS) is 17.6. The van der Waals surface area contributed by atoms with Crippen LogP contribution in [0.5, 0.6) is 5.75 Å². The molecule has 0 saturated carbocycles. The first-order valence-electron chi connectivity index (χ1n) is 15.0. The zero-order valence-electron chi connectivity index (χ0n) is 25.8. The molecule has 1 saturated heterocycles. The smallest absolute Gasteiger partial charge is 0.489 e. The Hall–Kier alpha value is -3.40. The number of ether oxygens (including phenoxy) is 1. The van der Waals surface area contributed by atoms with Crippen molar-refractivity contribution in [1.29, 1.82) is 0 Å². The van der Waals surface area contributed by atoms with Crippen molar-refractivity contribution in [3.05, 3.63) is 59.2 Å². The van der Waals surface area contributed by atoms with Crippen LogP contribution in [0.25, 0.3) is 0 Å². The zero-order valence-corrected chi connectivity index (χ0v) is 26.6. The van der Waals surface area contributed by atoms with E-state index < -0.39 is 44.6 Å². The van der Waals surface area contributed by atoms with Gasteiger partial charge in [0, 0.05) is 32.2 Å². The minimum Gasteiger partial charge on any atom is -0.508 e. The first-order valence-corrected chi connectivity index (χ1v) is 16.9. The minimum atomic E-state index is -4.30. The molecule has 2 atom stereocenters. The standard InChI is InChI=1S/C31H43N3O10S/c1-23(36)44-34(45(2,41)42)21-30(39)33(31(34)40)27-12-8-10-24(18-27)11-9-17-43-16-7-5-3-4-6-15-32-20-29(38)25-13-14-28(37)26(19-25)22-35/h8,10,12-14,18-19,29,32,35,38H,3-7,9,11,15-17,20-22H2,1-2H3/p+1/t29-,34?/m1/s1. The highest BCUT2D eigenvalue weighted by Gasteiger charge is 2.64. The Labute approximate surface area is 264 Å². The van der Waals surface area contributed by atoms with Crippen molar-refractivity contribution in [2.45, 2.75) is 64.6 Å². The number of phenols is 1. The molecule has 3 amide bonds. The topological polar surface area (TPSA) is 180 Å². The number of anilines is 1. The van der Waals surface area contributed by atoms with Crippen LogP contribution in [0.3, 0.4) is 0 Å². The van der Waals surface area contributed by atoms with Gasteiger partial charge in [-0.05, 0) is 67.6 Å². The maximum Gasteiger partial charge on any atom is 0.489 e. The number of unbranched alkanes of at least 4 members (excludes halogenated alkanes) is 4. The van der Waals surface area contributed by atoms with E-state index in [-0.39, 0.29) is 18.0 Å². The lowest BCUT2D eigenvalue weighted by molar-refractivity contribution is -0.905. The number of sulfonamides is 1. The van der Waals surface area contributed by atoms with Crippen molar-refractivity contribution in [3.8, 4) is 5.75 Å². The summed E-state index contributed by atoms with van der Waals surface area (Å²) < 4.78 is 28.8. The molecule has 1 heterocycles. The van der Waals surface area contributed by atoms with Crippen LogP contribution in [0.15, 0.2) is 42.5 Å². The Kier molecular flexibility index (Phi) is 13.4. The van der Waals surface area contributed by atoms with E-state index in [0.717, 1.165) is 62.3 Å². The van der Waals surface area contributed by atoms with Crippen LogP contribution >= 0.6 is 0 Å². The quantitative estimate of drug-likeness (QED) is 0.0998. The first-order chi connectivity index (χ1) is 21.4. The fourth-order valence-corrected chi connectivity index (χ4v) is 6.00. The number of aromatic hydroxyl groups is 1. The van der Waals surface area contributed by atoms with E-state index in [1.54, 1.807) is 24.3 Å². The molecule has 3 rings (SSSR count). The summed E-state index contributed by atoms with van der Waals surface area (Å²) in [6.07, 6.45) is 6.46. The van der Waals surface area contributed by atoms with Crippen molar-refractivity contribution in [1.82, 2.24) is 5.32 Å². The van der Waals surface area contributed by atoms with Gasteiger partial charge in [-0.3, -0.25) is 9.63 Å². The maximum absolute atomic E-state index is 13.1. The number of hydroxylamine groups is 2. The summed E-state index contributed by atoms with van der Waals surface area (Å²) in [4.78, 5) is 43.0. The van der Waals surface area contributed by atoms with E-state index in [4.69, 9.17) is 9.57 Å². The molecule has 1 aliphatic heterocycles. The van der Waals surface area contributed by atoms with Crippen LogP contribution in [0.2, 0.25) is 0 Å². The van der Waals surface area contributed by atoms with Crippen LogP contribution < -0.4 is 10.2 Å². The second kappa shape index (κ2) is 16.8. The molecule has 0 aromatic heterocycles. The third-order valence-corrected chi connectivity index (χ3v) is 8.88. The number of urea groups is 1. The van der Waals surface area contributed by atoms with Crippen molar-refractivity contribution < 1.29 is 51.7 Å². The summed E-state index contributed by atoms with van der Waals surface area (Å²) in [5.74, 6) is -1.77. The maximum atomic E-state index is 13.1. The van der Waals surface area contributed by atoms with E-state index in [2.05, 4.69) is 5.32 Å². The third kappa shape index (κ3) is 9.79. The van der Waals surface area contributed by atoms with Crippen LogP contribution in [0, 0.1) is 0 Å². The number of amides is 3. The SMILES string of the molecule is CC(=O)O[N+]1(S(C)(=O)=O)CC(=O)N(c2cccc(CCCOCCCCCCCNC[C@@H](O)c3ccc(O)c(CO)c3)c2)C1=O. The number of rotatable bonds is 19. The number of nitrogens with zero attached hydrogens (tertiary/aromatic N) is 2. The predicted octanol–water partition coefficient (Wildman–Crippen LogP) is 2.83. The lowest BCUT2D eigenvalue weighted by Crippen LogP contribution is -2.55. The largest absolute Gasteiger partial charge is 0.508 e. The number of carbonyl (C=O) groups is 3. The molecule has 13 nitrogen and oxygen atoms in total. The molecular formula is C31H44N3O10S+. The molecule has 45 heavy (non-hydrogen) atoms. The Morgan fingerprint density at radius 3 is 2.47 bits per heavy atom. The second-order valence-electron chi connectivity index (χ2n) is 11.1. The van der Waals surface area contributed by atoms with Gasteiger partial charge in [-0.2, -0.15) is 13.3 Å². The highest BCUT2D eigenvalue weighted by molar-refractivity contribution is 7.85. The van der Waals surface area contributed by atoms with E-state index >= 15 is 0 Å². The summed E-state index contributed by atoms with van der Waals surface area (Å²) in [5.41, 5.74) is 2.08. The van der Waals surface area contributed by atoms with Crippen LogP contribution in [0.1, 0.15) is 68.2 Å². The monoisotopic (exact) mass is 650 g/mol. The van der Waals surface area contributed by atoms with Gasteiger partial charge in [-0.1, -0.05) is 37.5 Å². The number of aliphatic hydroxyl groups is 2. The van der Waals surface area contributed by atoms with Gasteiger partial charge in [0.25, 0.3) is 5.91 Å². The number of quaternary nitrogens is 1. The average molecular weight is 651 g/mol. The van der Waals surface area contributed by atoms with Gasteiger partial charge in [0.15, 0.2) is 0 Å². The Balaban J connectivity index is 1.28. The summed E-state index contributed by atoms with van der Waals surface area (Å²) in [6.45, 7) is 2.22. The van der Waals surface area contributed by atoms with Crippen LogP contribution in [-0.4, -0.2) is 84.8 Å². The molecule has 1 aliphatic rings. The third-order valence-electron chi connectivity index (χ3n) is 7.45. The van der Waals surface area contributed by atoms with E-state index in [1.807, 2.05) is 6.07 Å². The van der Waals surface area contributed by atoms with Crippen LogP contribution in [0.4, 0.5) is 10.5 Å². The Morgan fingerprint density at radius 1 is 1.04 bits per heavy atom. The van der Waals surface area contributed by atoms with Crippen molar-refractivity contribution in [2.24, 2.45) is 0 Å².